The molecule has 0 aliphatic rings. The van der Waals surface area contributed by atoms with Crippen LogP contribution in [0, 0.1) is 13.8 Å². The Balaban J connectivity index is 1.93. The van der Waals surface area contributed by atoms with Gasteiger partial charge in [0.15, 0.2) is 5.76 Å². The van der Waals surface area contributed by atoms with Crippen molar-refractivity contribution >= 4 is 0 Å². The number of H-pyrrole nitrogens is 1. The smallest absolute Gasteiger partial charge is 0.348 e. The van der Waals surface area contributed by atoms with E-state index in [4.69, 9.17) is 4.52 Å². The van der Waals surface area contributed by atoms with E-state index >= 15 is 0 Å². The average Bonchev–Trinajstić information content (AvgIpc) is 3.01. The van der Waals surface area contributed by atoms with E-state index in [2.05, 4.69) is 27.5 Å². The predicted molar refractivity (Wildman–Crippen MR) is 77.6 cm³/mol. The van der Waals surface area contributed by atoms with Crippen molar-refractivity contribution in [1.82, 2.24) is 19.9 Å². The highest BCUT2D eigenvalue weighted by Gasteiger charge is 2.18. The van der Waals surface area contributed by atoms with Gasteiger partial charge >= 0.3 is 5.69 Å². The molecule has 6 nitrogen and oxygen atoms in total. The molecule has 2 aromatic heterocycles. The number of hydrogen-bond donors (Lipinski definition) is 1. The van der Waals surface area contributed by atoms with E-state index in [0.29, 0.717) is 29.4 Å². The second-order valence-electron chi connectivity index (χ2n) is 4.94. The summed E-state index contributed by atoms with van der Waals surface area (Å²) >= 11 is 0. The minimum atomic E-state index is -0.271. The Labute approximate surface area is 121 Å². The third kappa shape index (κ3) is 2.52. The van der Waals surface area contributed by atoms with E-state index < -0.39 is 0 Å². The lowest BCUT2D eigenvalue weighted by molar-refractivity contribution is 0.392. The zero-order chi connectivity index (χ0) is 14.8. The van der Waals surface area contributed by atoms with Crippen molar-refractivity contribution in [1.29, 1.82) is 0 Å². The number of aryl methyl sites for hydroxylation is 4. The first-order valence-electron chi connectivity index (χ1n) is 6.80. The first-order valence-corrected chi connectivity index (χ1v) is 6.80. The lowest BCUT2D eigenvalue weighted by Gasteiger charge is -2.05. The molecule has 0 aliphatic heterocycles. The van der Waals surface area contributed by atoms with E-state index in [1.54, 1.807) is 11.5 Å². The highest BCUT2D eigenvalue weighted by Crippen LogP contribution is 2.18. The van der Waals surface area contributed by atoms with Crippen molar-refractivity contribution in [2.24, 2.45) is 0 Å². The Morgan fingerprint density at radius 3 is 2.62 bits per heavy atom. The molecule has 0 spiro atoms. The molecule has 0 radical (unpaired) electrons. The summed E-state index contributed by atoms with van der Waals surface area (Å²) in [5.74, 6) is 1.29. The predicted octanol–water partition coefficient (Wildman–Crippen LogP) is 1.95. The summed E-state index contributed by atoms with van der Waals surface area (Å²) in [4.78, 5) is 12.0. The van der Waals surface area contributed by atoms with Gasteiger partial charge in [-0.2, -0.15) is 5.10 Å². The maximum absolute atomic E-state index is 12.0. The summed E-state index contributed by atoms with van der Waals surface area (Å²) in [6, 6.07) is 10.1. The second kappa shape index (κ2) is 5.40. The summed E-state index contributed by atoms with van der Waals surface area (Å²) in [5.41, 5.74) is 2.29. The number of hydrogen-bond acceptors (Lipinski definition) is 4. The van der Waals surface area contributed by atoms with Crippen molar-refractivity contribution in [3.63, 3.8) is 0 Å². The monoisotopic (exact) mass is 284 g/mol. The molecule has 2 heterocycles. The van der Waals surface area contributed by atoms with Gasteiger partial charge in [-0.15, -0.1) is 0 Å². The van der Waals surface area contributed by atoms with E-state index in [1.165, 1.54) is 5.56 Å². The van der Waals surface area contributed by atoms with Gasteiger partial charge in [0.2, 0.25) is 0 Å². The SMILES string of the molecule is Cc1noc(C)c1-n1c(CCc2ccccc2)n[nH]c1=O. The van der Waals surface area contributed by atoms with Crippen LogP contribution in [0.4, 0.5) is 0 Å². The van der Waals surface area contributed by atoms with Gasteiger partial charge in [0.25, 0.3) is 0 Å². The Hall–Kier alpha value is -2.63. The van der Waals surface area contributed by atoms with Crippen molar-refractivity contribution < 1.29 is 4.52 Å². The molecule has 0 saturated carbocycles. The first kappa shape index (κ1) is 13.4. The molecule has 3 aromatic rings. The second-order valence-corrected chi connectivity index (χ2v) is 4.94. The molecule has 1 aromatic carbocycles. The molecule has 0 unspecified atom stereocenters. The van der Waals surface area contributed by atoms with Crippen LogP contribution in [0.25, 0.3) is 5.69 Å². The minimum Gasteiger partial charge on any atom is -0.359 e. The first-order chi connectivity index (χ1) is 10.2. The molecule has 0 atom stereocenters. The van der Waals surface area contributed by atoms with Crippen LogP contribution in [0.15, 0.2) is 39.6 Å². The van der Waals surface area contributed by atoms with Crippen LogP contribution in [0.3, 0.4) is 0 Å². The fourth-order valence-electron chi connectivity index (χ4n) is 2.43. The normalized spacial score (nSPS) is 11.0. The number of benzene rings is 1. The Bertz CT molecular complexity index is 779. The van der Waals surface area contributed by atoms with Crippen LogP contribution in [0.5, 0.6) is 0 Å². The van der Waals surface area contributed by atoms with Crippen LogP contribution < -0.4 is 5.69 Å². The van der Waals surface area contributed by atoms with E-state index in [9.17, 15) is 4.79 Å². The van der Waals surface area contributed by atoms with Gasteiger partial charge < -0.3 is 4.52 Å². The van der Waals surface area contributed by atoms with Crippen LogP contribution >= 0.6 is 0 Å². The van der Waals surface area contributed by atoms with Gasteiger partial charge in [-0.1, -0.05) is 35.5 Å². The lowest BCUT2D eigenvalue weighted by Crippen LogP contribution is -2.18. The highest BCUT2D eigenvalue weighted by atomic mass is 16.5. The van der Waals surface area contributed by atoms with E-state index in [0.717, 1.165) is 6.42 Å². The van der Waals surface area contributed by atoms with Crippen LogP contribution in [0.1, 0.15) is 22.8 Å². The largest absolute Gasteiger partial charge is 0.359 e. The average molecular weight is 284 g/mol. The maximum atomic E-state index is 12.0. The van der Waals surface area contributed by atoms with Gasteiger partial charge in [0.05, 0.1) is 0 Å². The number of nitrogens with zero attached hydrogens (tertiary/aromatic N) is 3. The van der Waals surface area contributed by atoms with Gasteiger partial charge in [0, 0.05) is 6.42 Å². The molecule has 0 aliphatic carbocycles. The summed E-state index contributed by atoms with van der Waals surface area (Å²) in [7, 11) is 0. The molecule has 0 saturated heterocycles. The number of aromatic nitrogens is 4. The zero-order valence-electron chi connectivity index (χ0n) is 12.0. The van der Waals surface area contributed by atoms with Gasteiger partial charge in [-0.05, 0) is 25.8 Å². The Morgan fingerprint density at radius 1 is 1.19 bits per heavy atom. The molecule has 3 rings (SSSR count). The Morgan fingerprint density at radius 2 is 1.95 bits per heavy atom. The van der Waals surface area contributed by atoms with Crippen LogP contribution in [-0.2, 0) is 12.8 Å². The number of aromatic amines is 1. The van der Waals surface area contributed by atoms with Crippen LogP contribution in [0.2, 0.25) is 0 Å². The van der Waals surface area contributed by atoms with Gasteiger partial charge in [-0.3, -0.25) is 0 Å². The molecule has 1 N–H and O–H groups in total. The molecule has 108 valence electrons. The number of rotatable bonds is 4. The zero-order valence-corrected chi connectivity index (χ0v) is 12.0. The van der Waals surface area contributed by atoms with Crippen molar-refractivity contribution in [2.45, 2.75) is 26.7 Å². The standard InChI is InChI=1S/C15H16N4O2/c1-10-14(11(2)21-18-10)19-13(16-17-15(19)20)9-8-12-6-4-3-5-7-12/h3-7H,8-9H2,1-2H3,(H,17,20). The quantitative estimate of drug-likeness (QED) is 0.794. The van der Waals surface area contributed by atoms with Crippen molar-refractivity contribution in [3.05, 3.63) is 63.7 Å². The summed E-state index contributed by atoms with van der Waals surface area (Å²) in [6.45, 7) is 3.60. The van der Waals surface area contributed by atoms with Gasteiger partial charge in [-0.25, -0.2) is 14.5 Å². The topological polar surface area (TPSA) is 76.7 Å². The number of nitrogens with one attached hydrogen (secondary N) is 1. The van der Waals surface area contributed by atoms with E-state index in [-0.39, 0.29) is 5.69 Å². The van der Waals surface area contributed by atoms with Crippen molar-refractivity contribution in [3.8, 4) is 5.69 Å². The lowest BCUT2D eigenvalue weighted by atomic mass is 10.1. The summed E-state index contributed by atoms with van der Waals surface area (Å²) < 4.78 is 6.69. The fraction of sp³-hybridized carbons (Fsp3) is 0.267. The van der Waals surface area contributed by atoms with E-state index in [1.807, 2.05) is 25.1 Å². The molecular formula is C15H16N4O2. The fourth-order valence-corrected chi connectivity index (χ4v) is 2.43. The third-order valence-electron chi connectivity index (χ3n) is 3.44. The molecule has 0 bridgehead atoms. The third-order valence-corrected chi connectivity index (χ3v) is 3.44. The molecule has 0 amide bonds. The Kier molecular flexibility index (Phi) is 3.43. The highest BCUT2D eigenvalue weighted by molar-refractivity contribution is 5.39. The van der Waals surface area contributed by atoms with Crippen molar-refractivity contribution in [2.75, 3.05) is 0 Å². The minimum absolute atomic E-state index is 0.271. The molecule has 6 heteroatoms. The summed E-state index contributed by atoms with van der Waals surface area (Å²) in [5, 5.41) is 10.5. The molecule has 0 fully saturated rings. The van der Waals surface area contributed by atoms with Gasteiger partial charge in [0.1, 0.15) is 17.2 Å². The van der Waals surface area contributed by atoms with Crippen LogP contribution in [-0.4, -0.2) is 19.9 Å². The molecular weight excluding hydrogens is 268 g/mol. The summed E-state index contributed by atoms with van der Waals surface area (Å²) in [6.07, 6.45) is 1.47. The maximum Gasteiger partial charge on any atom is 0.348 e. The molecule has 21 heavy (non-hydrogen) atoms.